The van der Waals surface area contributed by atoms with Gasteiger partial charge in [0, 0.05) is 0 Å². The second-order valence-electron chi connectivity index (χ2n) is 3.57. The first kappa shape index (κ1) is 16.2. The van der Waals surface area contributed by atoms with E-state index in [1.165, 1.54) is 0 Å². The van der Waals surface area contributed by atoms with Crippen molar-refractivity contribution in [2.24, 2.45) is 11.7 Å². The molecule has 0 unspecified atom stereocenters. The van der Waals surface area contributed by atoms with Crippen LogP contribution < -0.4 is 5.73 Å². The van der Waals surface area contributed by atoms with Crippen LogP contribution in [0.1, 0.15) is 19.7 Å². The second kappa shape index (κ2) is 6.84. The van der Waals surface area contributed by atoms with Crippen LogP contribution in [-0.2, 0) is 11.0 Å². The van der Waals surface area contributed by atoms with Crippen LogP contribution in [0.25, 0.3) is 0 Å². The molecule has 0 bridgehead atoms. The summed E-state index contributed by atoms with van der Waals surface area (Å²) in [5.41, 5.74) is 5.16. The van der Waals surface area contributed by atoms with E-state index in [2.05, 4.69) is 15.0 Å². The molecule has 0 fully saturated rings. The van der Waals surface area contributed by atoms with E-state index >= 15 is 0 Å². The highest BCUT2D eigenvalue weighted by molar-refractivity contribution is 5.73. The minimum absolute atomic E-state index is 0.0208. The SMILES string of the molecule is CC(C)[C@H](N)C(=O)O.FC(F)(F)c1ncncn1. The van der Waals surface area contributed by atoms with E-state index in [-0.39, 0.29) is 5.92 Å². The van der Waals surface area contributed by atoms with Gasteiger partial charge in [0.2, 0.25) is 5.82 Å². The highest BCUT2D eigenvalue weighted by atomic mass is 19.4. The molecule has 3 N–H and O–H groups in total. The second-order valence-corrected chi connectivity index (χ2v) is 3.57. The number of nitrogens with two attached hydrogens (primary N) is 1. The van der Waals surface area contributed by atoms with Gasteiger partial charge in [-0.1, -0.05) is 13.8 Å². The maximum atomic E-state index is 11.6. The van der Waals surface area contributed by atoms with Crippen LogP contribution in [-0.4, -0.2) is 32.1 Å². The molecule has 1 rings (SSSR count). The lowest BCUT2D eigenvalue weighted by molar-refractivity contribution is -0.145. The molecule has 0 aliphatic rings. The first-order valence-electron chi connectivity index (χ1n) is 4.83. The normalized spacial score (nSPS) is 12.6. The lowest BCUT2D eigenvalue weighted by atomic mass is 10.1. The van der Waals surface area contributed by atoms with Crippen molar-refractivity contribution in [3.8, 4) is 0 Å². The smallest absolute Gasteiger partial charge is 0.451 e. The molecule has 0 spiro atoms. The van der Waals surface area contributed by atoms with Gasteiger partial charge in [-0.25, -0.2) is 15.0 Å². The van der Waals surface area contributed by atoms with Crippen LogP contribution in [0, 0.1) is 5.92 Å². The Bertz CT molecular complexity index is 370. The molecule has 0 amide bonds. The van der Waals surface area contributed by atoms with E-state index < -0.39 is 24.0 Å². The third-order valence-corrected chi connectivity index (χ3v) is 1.75. The van der Waals surface area contributed by atoms with Crippen molar-refractivity contribution in [1.82, 2.24) is 15.0 Å². The first-order chi connectivity index (χ1) is 8.16. The molecule has 1 aromatic heterocycles. The van der Waals surface area contributed by atoms with Crippen molar-refractivity contribution in [3.05, 3.63) is 18.5 Å². The molecule has 0 saturated carbocycles. The largest absolute Gasteiger partial charge is 0.480 e. The van der Waals surface area contributed by atoms with Crippen LogP contribution >= 0.6 is 0 Å². The fourth-order valence-corrected chi connectivity index (χ4v) is 0.671. The summed E-state index contributed by atoms with van der Waals surface area (Å²) in [6.45, 7) is 3.55. The predicted octanol–water partition coefficient (Wildman–Crippen LogP) is 0.945. The predicted molar refractivity (Wildman–Crippen MR) is 55.3 cm³/mol. The van der Waals surface area contributed by atoms with Gasteiger partial charge in [-0.05, 0) is 5.92 Å². The fourth-order valence-electron chi connectivity index (χ4n) is 0.671. The average molecular weight is 266 g/mol. The quantitative estimate of drug-likeness (QED) is 0.826. The summed E-state index contributed by atoms with van der Waals surface area (Å²) in [5, 5.41) is 8.23. The number of nitrogens with zero attached hydrogens (tertiary/aromatic N) is 3. The zero-order valence-electron chi connectivity index (χ0n) is 9.72. The minimum Gasteiger partial charge on any atom is -0.480 e. The molecule has 0 aliphatic heterocycles. The number of aliphatic carboxylic acids is 1. The molecular formula is C9H13F3N4O2. The summed E-state index contributed by atoms with van der Waals surface area (Å²) in [4.78, 5) is 19.1. The molecular weight excluding hydrogens is 253 g/mol. The van der Waals surface area contributed by atoms with Gasteiger partial charge < -0.3 is 10.8 Å². The van der Waals surface area contributed by atoms with Crippen LogP contribution in [0.5, 0.6) is 0 Å². The monoisotopic (exact) mass is 266 g/mol. The van der Waals surface area contributed by atoms with Crippen molar-refractivity contribution in [3.63, 3.8) is 0 Å². The van der Waals surface area contributed by atoms with Crippen molar-refractivity contribution >= 4 is 5.97 Å². The van der Waals surface area contributed by atoms with Gasteiger partial charge in [0.05, 0.1) is 0 Å². The molecule has 0 aliphatic carbocycles. The van der Waals surface area contributed by atoms with Crippen molar-refractivity contribution < 1.29 is 23.1 Å². The van der Waals surface area contributed by atoms with Crippen LogP contribution in [0.15, 0.2) is 12.7 Å². The fraction of sp³-hybridized carbons (Fsp3) is 0.556. The third-order valence-electron chi connectivity index (χ3n) is 1.75. The number of alkyl halides is 3. The maximum absolute atomic E-state index is 11.6. The molecule has 102 valence electrons. The highest BCUT2D eigenvalue weighted by Crippen LogP contribution is 2.24. The zero-order chi connectivity index (χ0) is 14.3. The molecule has 0 saturated heterocycles. The summed E-state index contributed by atoms with van der Waals surface area (Å²) < 4.78 is 34.9. The molecule has 6 nitrogen and oxygen atoms in total. The number of carboxylic acids is 1. The summed E-state index contributed by atoms with van der Waals surface area (Å²) >= 11 is 0. The maximum Gasteiger partial charge on any atom is 0.451 e. The number of aromatic nitrogens is 3. The molecule has 0 aromatic carbocycles. The van der Waals surface area contributed by atoms with Crippen molar-refractivity contribution in [2.75, 3.05) is 0 Å². The van der Waals surface area contributed by atoms with Gasteiger partial charge >= 0.3 is 12.1 Å². The Labute approximate surface area is 101 Å². The van der Waals surface area contributed by atoms with Crippen LogP contribution in [0.2, 0.25) is 0 Å². The molecule has 0 radical (unpaired) electrons. The number of carbonyl (C=O) groups is 1. The Kier molecular flexibility index (Phi) is 6.17. The molecule has 1 atom stereocenters. The minimum atomic E-state index is -4.47. The Morgan fingerprint density at radius 1 is 1.33 bits per heavy atom. The Morgan fingerprint density at radius 2 is 1.78 bits per heavy atom. The van der Waals surface area contributed by atoms with E-state index in [9.17, 15) is 18.0 Å². The van der Waals surface area contributed by atoms with Crippen LogP contribution in [0.4, 0.5) is 13.2 Å². The molecule has 9 heteroatoms. The molecule has 1 heterocycles. The third kappa shape index (κ3) is 6.09. The average Bonchev–Trinajstić information content (AvgIpc) is 2.28. The Hall–Kier alpha value is -1.77. The molecule has 18 heavy (non-hydrogen) atoms. The van der Waals surface area contributed by atoms with E-state index in [4.69, 9.17) is 10.8 Å². The van der Waals surface area contributed by atoms with E-state index in [1.807, 2.05) is 0 Å². The highest BCUT2D eigenvalue weighted by Gasteiger charge is 2.34. The number of rotatable bonds is 2. The van der Waals surface area contributed by atoms with Gasteiger partial charge in [0.15, 0.2) is 0 Å². The zero-order valence-corrected chi connectivity index (χ0v) is 9.72. The van der Waals surface area contributed by atoms with Crippen molar-refractivity contribution in [1.29, 1.82) is 0 Å². The summed E-state index contributed by atoms with van der Waals surface area (Å²) in [7, 11) is 0. The van der Waals surface area contributed by atoms with Gasteiger partial charge in [-0.2, -0.15) is 13.2 Å². The van der Waals surface area contributed by atoms with Gasteiger partial charge in [0.1, 0.15) is 18.7 Å². The van der Waals surface area contributed by atoms with E-state index in [1.54, 1.807) is 13.8 Å². The summed E-state index contributed by atoms with van der Waals surface area (Å²) in [6, 6.07) is -0.713. The number of hydrogen-bond acceptors (Lipinski definition) is 5. The molecule has 1 aromatic rings. The number of halogens is 3. The summed E-state index contributed by atoms with van der Waals surface area (Å²) in [5.74, 6) is -2.07. The Balaban J connectivity index is 0.000000331. The van der Waals surface area contributed by atoms with E-state index in [0.717, 1.165) is 12.7 Å². The van der Waals surface area contributed by atoms with E-state index in [0.29, 0.717) is 0 Å². The van der Waals surface area contributed by atoms with Gasteiger partial charge in [-0.3, -0.25) is 4.79 Å². The number of carboxylic acid groups (broad SMARTS) is 1. The standard InChI is InChI=1S/C5H11NO2.C4H2F3N3/c1-3(2)4(6)5(7)8;5-4(6,7)3-9-1-8-2-10-3/h3-4H,6H2,1-2H3,(H,7,8);1-2H/t4-;/m0./s1. The topological polar surface area (TPSA) is 102 Å². The lowest BCUT2D eigenvalue weighted by Gasteiger charge is -2.07. The van der Waals surface area contributed by atoms with Crippen LogP contribution in [0.3, 0.4) is 0 Å². The van der Waals surface area contributed by atoms with Crippen molar-refractivity contribution in [2.45, 2.75) is 26.1 Å². The Morgan fingerprint density at radius 3 is 1.94 bits per heavy atom. The lowest BCUT2D eigenvalue weighted by Crippen LogP contribution is -2.34. The van der Waals surface area contributed by atoms with Gasteiger partial charge in [0.25, 0.3) is 0 Å². The van der Waals surface area contributed by atoms with Gasteiger partial charge in [-0.15, -0.1) is 0 Å². The summed E-state index contributed by atoms with van der Waals surface area (Å²) in [6.07, 6.45) is -2.87. The number of hydrogen-bond donors (Lipinski definition) is 2. The first-order valence-corrected chi connectivity index (χ1v) is 4.83.